The van der Waals surface area contributed by atoms with E-state index in [1.165, 1.54) is 23.1 Å². The highest BCUT2D eigenvalue weighted by Crippen LogP contribution is 2.20. The van der Waals surface area contributed by atoms with Crippen LogP contribution in [0.1, 0.15) is 18.9 Å². The van der Waals surface area contributed by atoms with Crippen LogP contribution in [0.2, 0.25) is 5.02 Å². The van der Waals surface area contributed by atoms with Gasteiger partial charge in [-0.1, -0.05) is 11.6 Å². The molecule has 1 fully saturated rings. The summed E-state index contributed by atoms with van der Waals surface area (Å²) in [7, 11) is 0. The number of nitrogens with one attached hydrogen (secondary N) is 1. The molecule has 1 atom stereocenters. The van der Waals surface area contributed by atoms with E-state index < -0.39 is 11.9 Å². The Morgan fingerprint density at radius 2 is 2.21 bits per heavy atom. The van der Waals surface area contributed by atoms with Gasteiger partial charge in [0.05, 0.1) is 0 Å². The van der Waals surface area contributed by atoms with Gasteiger partial charge in [0.2, 0.25) is 11.8 Å². The van der Waals surface area contributed by atoms with E-state index in [-0.39, 0.29) is 24.8 Å². The predicted octanol–water partition coefficient (Wildman–Crippen LogP) is 1.72. The maximum atomic E-state index is 13.2. The van der Waals surface area contributed by atoms with Crippen molar-refractivity contribution in [3.63, 3.8) is 0 Å². The summed E-state index contributed by atoms with van der Waals surface area (Å²) in [4.78, 5) is 25.0. The zero-order valence-electron chi connectivity index (χ0n) is 10.5. The Morgan fingerprint density at radius 1 is 1.47 bits per heavy atom. The van der Waals surface area contributed by atoms with Crippen LogP contribution in [0.5, 0.6) is 0 Å². The lowest BCUT2D eigenvalue weighted by atomic mass is 10.2. The van der Waals surface area contributed by atoms with Gasteiger partial charge in [-0.3, -0.25) is 9.59 Å². The standard InChI is InChI=1S/C13H14ClFN2O2/c1-8-13(19)17(5-4-12(18)16-8)7-9-6-10(15)2-3-11(9)14/h2-3,6,8H,4-5,7H2,1H3,(H,16,18). The van der Waals surface area contributed by atoms with Crippen molar-refractivity contribution in [3.8, 4) is 0 Å². The molecule has 0 saturated carbocycles. The molecule has 0 spiro atoms. The van der Waals surface area contributed by atoms with E-state index in [4.69, 9.17) is 11.6 Å². The first-order valence-corrected chi connectivity index (χ1v) is 6.37. The third kappa shape index (κ3) is 3.23. The Bertz CT molecular complexity index is 521. The van der Waals surface area contributed by atoms with Crippen LogP contribution >= 0.6 is 11.6 Å². The molecule has 1 N–H and O–H groups in total. The topological polar surface area (TPSA) is 49.4 Å². The second-order valence-corrected chi connectivity index (χ2v) is 4.94. The molecule has 0 radical (unpaired) electrons. The molecule has 0 aromatic heterocycles. The van der Waals surface area contributed by atoms with E-state index in [9.17, 15) is 14.0 Å². The normalized spacial score (nSPS) is 20.2. The Morgan fingerprint density at radius 3 is 2.95 bits per heavy atom. The molecular weight excluding hydrogens is 271 g/mol. The molecule has 2 rings (SSSR count). The number of rotatable bonds is 2. The summed E-state index contributed by atoms with van der Waals surface area (Å²) in [5.74, 6) is -0.746. The summed E-state index contributed by atoms with van der Waals surface area (Å²) < 4.78 is 13.2. The number of benzene rings is 1. The molecule has 4 nitrogen and oxygen atoms in total. The first-order chi connectivity index (χ1) is 8.97. The Balaban J connectivity index is 2.19. The van der Waals surface area contributed by atoms with Gasteiger partial charge in [-0.25, -0.2) is 4.39 Å². The number of amides is 2. The van der Waals surface area contributed by atoms with Gasteiger partial charge in [0.15, 0.2) is 0 Å². The monoisotopic (exact) mass is 284 g/mol. The largest absolute Gasteiger partial charge is 0.345 e. The minimum absolute atomic E-state index is 0.159. The molecular formula is C13H14ClFN2O2. The maximum absolute atomic E-state index is 13.2. The number of nitrogens with zero attached hydrogens (tertiary/aromatic N) is 1. The molecule has 0 bridgehead atoms. The van der Waals surface area contributed by atoms with Crippen LogP contribution in [0, 0.1) is 5.82 Å². The van der Waals surface area contributed by atoms with Crippen LogP contribution in [-0.4, -0.2) is 29.3 Å². The molecule has 1 heterocycles. The van der Waals surface area contributed by atoms with Gasteiger partial charge in [-0.05, 0) is 30.7 Å². The molecule has 1 aliphatic heterocycles. The minimum atomic E-state index is -0.567. The van der Waals surface area contributed by atoms with Crippen LogP contribution in [0.3, 0.4) is 0 Å². The molecule has 102 valence electrons. The van der Waals surface area contributed by atoms with E-state index in [1.54, 1.807) is 6.92 Å². The first kappa shape index (κ1) is 13.8. The van der Waals surface area contributed by atoms with Crippen molar-refractivity contribution >= 4 is 23.4 Å². The lowest BCUT2D eigenvalue weighted by Gasteiger charge is -2.22. The summed E-state index contributed by atoms with van der Waals surface area (Å²) in [6.07, 6.45) is 0.239. The van der Waals surface area contributed by atoms with Gasteiger partial charge in [-0.2, -0.15) is 0 Å². The van der Waals surface area contributed by atoms with Crippen LogP contribution in [0.15, 0.2) is 18.2 Å². The van der Waals surface area contributed by atoms with E-state index in [2.05, 4.69) is 5.32 Å². The molecule has 1 aromatic carbocycles. The Labute approximate surface area is 115 Å². The molecule has 1 aliphatic rings. The second-order valence-electron chi connectivity index (χ2n) is 4.53. The fraction of sp³-hybridized carbons (Fsp3) is 0.385. The van der Waals surface area contributed by atoms with Crippen molar-refractivity contribution in [1.29, 1.82) is 0 Å². The molecule has 1 saturated heterocycles. The van der Waals surface area contributed by atoms with Crippen molar-refractivity contribution < 1.29 is 14.0 Å². The number of hydrogen-bond acceptors (Lipinski definition) is 2. The smallest absolute Gasteiger partial charge is 0.245 e. The minimum Gasteiger partial charge on any atom is -0.345 e. The van der Waals surface area contributed by atoms with E-state index in [0.717, 1.165) is 0 Å². The maximum Gasteiger partial charge on any atom is 0.245 e. The van der Waals surface area contributed by atoms with Crippen LogP contribution in [0.4, 0.5) is 4.39 Å². The Hall–Kier alpha value is -1.62. The predicted molar refractivity (Wildman–Crippen MR) is 69.0 cm³/mol. The van der Waals surface area contributed by atoms with Gasteiger partial charge in [0.25, 0.3) is 0 Å². The van der Waals surface area contributed by atoms with Crippen molar-refractivity contribution in [2.24, 2.45) is 0 Å². The van der Waals surface area contributed by atoms with Gasteiger partial charge < -0.3 is 10.2 Å². The first-order valence-electron chi connectivity index (χ1n) is 5.99. The van der Waals surface area contributed by atoms with E-state index in [0.29, 0.717) is 17.1 Å². The Kier molecular flexibility index (Phi) is 4.04. The number of carbonyl (C=O) groups excluding carboxylic acids is 2. The molecule has 1 unspecified atom stereocenters. The highest BCUT2D eigenvalue weighted by Gasteiger charge is 2.26. The van der Waals surface area contributed by atoms with Crippen molar-refractivity contribution in [2.45, 2.75) is 25.9 Å². The fourth-order valence-electron chi connectivity index (χ4n) is 2.02. The van der Waals surface area contributed by atoms with Gasteiger partial charge >= 0.3 is 0 Å². The highest BCUT2D eigenvalue weighted by molar-refractivity contribution is 6.31. The van der Waals surface area contributed by atoms with E-state index >= 15 is 0 Å². The summed E-state index contributed by atoms with van der Waals surface area (Å²) in [5.41, 5.74) is 0.538. The number of carbonyl (C=O) groups is 2. The van der Waals surface area contributed by atoms with Gasteiger partial charge in [0.1, 0.15) is 11.9 Å². The lowest BCUT2D eigenvalue weighted by molar-refractivity contribution is -0.133. The summed E-state index contributed by atoms with van der Waals surface area (Å²) in [5, 5.41) is 3.00. The van der Waals surface area contributed by atoms with Gasteiger partial charge in [-0.15, -0.1) is 0 Å². The molecule has 0 aliphatic carbocycles. The van der Waals surface area contributed by atoms with Crippen molar-refractivity contribution in [2.75, 3.05) is 6.54 Å². The highest BCUT2D eigenvalue weighted by atomic mass is 35.5. The van der Waals surface area contributed by atoms with Crippen LogP contribution in [-0.2, 0) is 16.1 Å². The van der Waals surface area contributed by atoms with Crippen LogP contribution in [0.25, 0.3) is 0 Å². The van der Waals surface area contributed by atoms with Crippen LogP contribution < -0.4 is 5.32 Å². The second kappa shape index (κ2) is 5.57. The molecule has 19 heavy (non-hydrogen) atoms. The summed E-state index contributed by atoms with van der Waals surface area (Å²) in [6, 6.07) is 3.47. The molecule has 2 amide bonds. The fourth-order valence-corrected chi connectivity index (χ4v) is 2.20. The van der Waals surface area contributed by atoms with Gasteiger partial charge in [0, 0.05) is 24.5 Å². The molecule has 6 heteroatoms. The SMILES string of the molecule is CC1NC(=O)CCN(Cc2cc(F)ccc2Cl)C1=O. The molecule has 1 aromatic rings. The quantitative estimate of drug-likeness (QED) is 0.899. The third-order valence-electron chi connectivity index (χ3n) is 3.04. The summed E-state index contributed by atoms with van der Waals surface area (Å²) >= 11 is 5.98. The van der Waals surface area contributed by atoms with E-state index in [1.807, 2.05) is 0 Å². The number of halogens is 2. The van der Waals surface area contributed by atoms with Crippen molar-refractivity contribution in [3.05, 3.63) is 34.6 Å². The lowest BCUT2D eigenvalue weighted by Crippen LogP contribution is -2.42. The zero-order valence-corrected chi connectivity index (χ0v) is 11.2. The summed E-state index contributed by atoms with van der Waals surface area (Å²) in [6.45, 7) is 2.14. The third-order valence-corrected chi connectivity index (χ3v) is 3.41. The number of hydrogen-bond donors (Lipinski definition) is 1. The average Bonchev–Trinajstić information content (AvgIpc) is 2.47. The zero-order chi connectivity index (χ0) is 14.0. The average molecular weight is 285 g/mol. The van der Waals surface area contributed by atoms with Crippen molar-refractivity contribution in [1.82, 2.24) is 10.2 Å².